The van der Waals surface area contributed by atoms with Crippen molar-refractivity contribution in [3.63, 3.8) is 0 Å². The predicted octanol–water partition coefficient (Wildman–Crippen LogP) is 6.32. The van der Waals surface area contributed by atoms with E-state index in [0.29, 0.717) is 30.1 Å². The highest BCUT2D eigenvalue weighted by molar-refractivity contribution is 5.44. The summed E-state index contributed by atoms with van der Waals surface area (Å²) in [6.07, 6.45) is 13.0. The molecule has 4 saturated carbocycles. The van der Waals surface area contributed by atoms with Crippen molar-refractivity contribution in [1.82, 2.24) is 9.97 Å². The number of rotatable bonds is 1. The fraction of sp³-hybridized carbons (Fsp3) is 0.852. The lowest BCUT2D eigenvalue weighted by molar-refractivity contribution is -0.280. The lowest BCUT2D eigenvalue weighted by Gasteiger charge is -2.61. The molecule has 0 radical (unpaired) electrons. The molecule has 13 rings (SSSR count). The third-order valence-corrected chi connectivity index (χ3v) is 23.2. The summed E-state index contributed by atoms with van der Waals surface area (Å²) in [5.74, 6) is -0.153. The first kappa shape index (κ1) is 43.2. The molecule has 12 aliphatic rings. The van der Waals surface area contributed by atoms with Gasteiger partial charge in [-0.05, 0) is 138 Å². The van der Waals surface area contributed by atoms with E-state index in [9.17, 15) is 25.5 Å². The lowest BCUT2D eigenvalue weighted by Crippen LogP contribution is -2.65. The first-order valence-electron chi connectivity index (χ1n) is 26.0. The van der Waals surface area contributed by atoms with E-state index in [0.717, 1.165) is 81.2 Å². The molecule has 0 aromatic carbocycles. The zero-order chi connectivity index (χ0) is 45.6. The molecule has 1 aromatic heterocycles. The van der Waals surface area contributed by atoms with E-state index in [4.69, 9.17) is 28.9 Å². The second-order valence-corrected chi connectivity index (χ2v) is 26.3. The summed E-state index contributed by atoms with van der Waals surface area (Å²) in [5, 5.41) is 59.5. The van der Waals surface area contributed by atoms with Crippen molar-refractivity contribution in [2.24, 2.45) is 74.9 Å². The summed E-state index contributed by atoms with van der Waals surface area (Å²) in [7, 11) is 0. The van der Waals surface area contributed by atoms with Crippen LogP contribution in [0.1, 0.15) is 143 Å². The summed E-state index contributed by atoms with van der Waals surface area (Å²) in [5.41, 5.74) is 3.17. The molecule has 5 heterocycles. The van der Waals surface area contributed by atoms with E-state index in [1.165, 1.54) is 23.4 Å². The van der Waals surface area contributed by atoms with Gasteiger partial charge in [-0.2, -0.15) is 0 Å². The van der Waals surface area contributed by atoms with E-state index in [2.05, 4.69) is 53.7 Å². The third kappa shape index (κ3) is 5.01. The van der Waals surface area contributed by atoms with Crippen molar-refractivity contribution in [3.8, 4) is 0 Å². The number of aromatic nitrogens is 2. The Morgan fingerprint density at radius 3 is 1.88 bits per heavy atom. The highest BCUT2D eigenvalue weighted by Gasteiger charge is 2.79. The zero-order valence-corrected chi connectivity index (χ0v) is 40.4. The van der Waals surface area contributed by atoms with Gasteiger partial charge < -0.3 is 44.5 Å². The predicted molar refractivity (Wildman–Crippen MR) is 240 cm³/mol. The van der Waals surface area contributed by atoms with Crippen LogP contribution in [0, 0.1) is 74.9 Å². The van der Waals surface area contributed by atoms with Gasteiger partial charge in [-0.1, -0.05) is 64.8 Å². The van der Waals surface area contributed by atoms with Gasteiger partial charge in [0.15, 0.2) is 5.79 Å². The van der Waals surface area contributed by atoms with E-state index in [1.54, 1.807) is 6.92 Å². The molecule has 0 unspecified atom stereocenters. The van der Waals surface area contributed by atoms with Gasteiger partial charge in [0.05, 0.1) is 58.9 Å². The number of hydrogen-bond donors (Lipinski definition) is 5. The first-order chi connectivity index (χ1) is 30.5. The second kappa shape index (κ2) is 12.9. The van der Waals surface area contributed by atoms with Gasteiger partial charge >= 0.3 is 0 Å². The molecule has 5 N–H and O–H groups in total. The van der Waals surface area contributed by atoms with Gasteiger partial charge in [0, 0.05) is 41.4 Å². The third-order valence-electron chi connectivity index (χ3n) is 23.2. The quantitative estimate of drug-likeness (QED) is 0.201. The summed E-state index contributed by atoms with van der Waals surface area (Å²) >= 11 is 0. The summed E-state index contributed by atoms with van der Waals surface area (Å²) in [6, 6.07) is 0. The molecule has 65 heavy (non-hydrogen) atoms. The molecule has 2 spiro atoms. The average molecular weight is 897 g/mol. The van der Waals surface area contributed by atoms with Gasteiger partial charge in [0.1, 0.15) is 17.8 Å². The van der Waals surface area contributed by atoms with Crippen molar-refractivity contribution >= 4 is 0 Å². The Morgan fingerprint density at radius 2 is 1.29 bits per heavy atom. The molecule has 4 aliphatic heterocycles. The second-order valence-electron chi connectivity index (χ2n) is 26.3. The average Bonchev–Trinajstić information content (AvgIpc) is 4.00. The van der Waals surface area contributed by atoms with Crippen LogP contribution in [0.5, 0.6) is 0 Å². The number of nitrogens with zero attached hydrogens (tertiary/aromatic N) is 2. The Hall–Kier alpha value is -1.80. The molecule has 8 aliphatic carbocycles. The van der Waals surface area contributed by atoms with Crippen LogP contribution < -0.4 is 0 Å². The summed E-state index contributed by atoms with van der Waals surface area (Å²) in [4.78, 5) is 11.2. The van der Waals surface area contributed by atoms with Crippen LogP contribution >= 0.6 is 0 Å². The van der Waals surface area contributed by atoms with Crippen molar-refractivity contribution in [2.75, 3.05) is 6.61 Å². The summed E-state index contributed by atoms with van der Waals surface area (Å²) in [6.45, 7) is 19.4. The maximum Gasteiger partial charge on any atom is 0.201 e. The minimum atomic E-state index is -1.49. The van der Waals surface area contributed by atoms with Crippen molar-refractivity contribution in [2.45, 2.75) is 205 Å². The van der Waals surface area contributed by atoms with Crippen molar-refractivity contribution < 1.29 is 44.5 Å². The number of aliphatic hydroxyl groups is 5. The molecule has 22 atom stereocenters. The normalized spacial score (nSPS) is 58.4. The number of ether oxygens (including phenoxy) is 4. The van der Waals surface area contributed by atoms with Crippen molar-refractivity contribution in [1.29, 1.82) is 0 Å². The number of hydrogen-bond acceptors (Lipinski definition) is 11. The SMILES string of the molecule is C[C@@H]1[C@]2(O[C@H]3C=C4[C@@H]5CC[C@H]6Cc7nc8c(nc7C[C@]6(C)[C@H]5C[C@@H](O)[C@]4(C)[C@]31O)C[C@@]1(C)[C@@H](CC[C@H]3C4=C[C@@H]5O[C@]6(CCC(C)(C)O6)[C@@H](C)[C@@H]5[C@@]4(C)[C@H](O)C[C@@H]31)C8)O[C@](C)(CO)C[C@H]2O. The molecule has 8 fully saturated rings. The molecule has 0 bridgehead atoms. The largest absolute Gasteiger partial charge is 0.393 e. The Kier molecular flexibility index (Phi) is 8.60. The van der Waals surface area contributed by atoms with Gasteiger partial charge in [0.2, 0.25) is 5.79 Å². The molecule has 11 nitrogen and oxygen atoms in total. The number of fused-ring (bicyclic) bond motifs is 16. The molecule has 4 saturated heterocycles. The molecule has 1 aromatic rings. The van der Waals surface area contributed by atoms with Crippen molar-refractivity contribution in [3.05, 3.63) is 46.1 Å². The topological polar surface area (TPSA) is 164 Å². The van der Waals surface area contributed by atoms with Crippen LogP contribution in [0.25, 0.3) is 0 Å². The monoisotopic (exact) mass is 897 g/mol. The van der Waals surface area contributed by atoms with E-state index < -0.39 is 58.5 Å². The fourth-order valence-corrected chi connectivity index (χ4v) is 19.4. The van der Waals surface area contributed by atoms with Crippen LogP contribution in [-0.4, -0.2) is 101 Å². The minimum Gasteiger partial charge on any atom is -0.393 e. The lowest BCUT2D eigenvalue weighted by atomic mass is 9.44. The number of aliphatic hydroxyl groups excluding tert-OH is 4. The molecule has 0 amide bonds. The fourth-order valence-electron chi connectivity index (χ4n) is 19.4. The van der Waals surface area contributed by atoms with Gasteiger partial charge in [-0.15, -0.1) is 0 Å². The van der Waals surface area contributed by atoms with E-state index in [-0.39, 0.29) is 64.6 Å². The molecule has 356 valence electrons. The maximum atomic E-state index is 13.0. The molecular formula is C54H76N2O9. The minimum absolute atomic E-state index is 0.00228. The molecule has 11 heteroatoms. The standard InChI is InChI=1S/C54H76N2O9/c1-26-45-40(62-52(26)15-14-46(3,4)64-52)18-34-30-12-10-28-16-36-38(22-48(28,6)32(30)19-41(58)50(34,45)8)56-39-23-49(7)29(17-37(39)55-36)11-13-31-33(49)20-42(59)51(9)35(31)21-44-53(51,61)27(2)54(63-44)43(60)24-47(5,25-57)65-54/h18,21,26-33,40-45,57-61H,10-17,19-20,22-25H2,1-9H3/t26-,27-,28-,29-,30+,31+,32-,33-,40-,41+,42+,43+,44-,45-,47-,48-,49-,50+,51+,52-,53+,54-/m0/s1. The summed E-state index contributed by atoms with van der Waals surface area (Å²) < 4.78 is 26.8. The van der Waals surface area contributed by atoms with Crippen LogP contribution in [0.15, 0.2) is 23.3 Å². The first-order valence-corrected chi connectivity index (χ1v) is 26.0. The maximum absolute atomic E-state index is 13.0. The van der Waals surface area contributed by atoms with Crippen LogP contribution in [0.2, 0.25) is 0 Å². The molecular weight excluding hydrogens is 821 g/mol. The highest BCUT2D eigenvalue weighted by Crippen LogP contribution is 2.73. The zero-order valence-electron chi connectivity index (χ0n) is 40.4. The van der Waals surface area contributed by atoms with Crippen LogP contribution in [0.3, 0.4) is 0 Å². The Bertz CT molecular complexity index is 2320. The Balaban J connectivity index is 0.781. The van der Waals surface area contributed by atoms with Gasteiger partial charge in [0.25, 0.3) is 0 Å². The van der Waals surface area contributed by atoms with Gasteiger partial charge in [-0.3, -0.25) is 9.97 Å². The van der Waals surface area contributed by atoms with Crippen LogP contribution in [-0.2, 0) is 44.6 Å². The van der Waals surface area contributed by atoms with Gasteiger partial charge in [-0.25, -0.2) is 0 Å². The van der Waals surface area contributed by atoms with E-state index in [1.807, 2.05) is 13.8 Å². The Morgan fingerprint density at radius 1 is 0.692 bits per heavy atom. The highest BCUT2D eigenvalue weighted by atomic mass is 16.7. The van der Waals surface area contributed by atoms with Crippen LogP contribution in [0.4, 0.5) is 0 Å². The Labute approximate surface area is 385 Å². The smallest absolute Gasteiger partial charge is 0.201 e. The van der Waals surface area contributed by atoms with E-state index >= 15 is 0 Å².